The Hall–Kier alpha value is -1.60. The fourth-order valence-corrected chi connectivity index (χ4v) is 2.05. The van der Waals surface area contributed by atoms with E-state index in [9.17, 15) is 13.2 Å². The summed E-state index contributed by atoms with van der Waals surface area (Å²) in [6, 6.07) is 6.89. The van der Waals surface area contributed by atoms with Gasteiger partial charge in [-0.1, -0.05) is 18.2 Å². The Morgan fingerprint density at radius 2 is 2.06 bits per heavy atom. The minimum absolute atomic E-state index is 0.000370. The number of hydrogen-bond acceptors (Lipinski definition) is 4. The molecule has 0 unspecified atom stereocenters. The molecule has 7 heteroatoms. The summed E-state index contributed by atoms with van der Waals surface area (Å²) in [6.45, 7) is -0.000370. The third-order valence-corrected chi connectivity index (χ3v) is 3.20. The molecule has 0 bridgehead atoms. The zero-order chi connectivity index (χ0) is 12.9. The van der Waals surface area contributed by atoms with E-state index in [2.05, 4.69) is 4.72 Å². The second-order valence-electron chi connectivity index (χ2n) is 3.29. The first-order valence-corrected chi connectivity index (χ1v) is 6.41. The van der Waals surface area contributed by atoms with Gasteiger partial charge in [0, 0.05) is 12.1 Å². The van der Waals surface area contributed by atoms with E-state index in [1.807, 2.05) is 0 Å². The maximum Gasteiger partial charge on any atom is 0.320 e. The van der Waals surface area contributed by atoms with Gasteiger partial charge in [-0.3, -0.25) is 4.79 Å². The number of para-hydroxylation sites is 1. The summed E-state index contributed by atoms with van der Waals surface area (Å²) in [6.07, 6.45) is 0. The highest BCUT2D eigenvalue weighted by atomic mass is 32.2. The Morgan fingerprint density at radius 3 is 2.65 bits per heavy atom. The van der Waals surface area contributed by atoms with Crippen molar-refractivity contribution in [3.63, 3.8) is 0 Å². The fourth-order valence-electron chi connectivity index (χ4n) is 1.25. The number of carbonyl (C=O) groups is 1. The van der Waals surface area contributed by atoms with Gasteiger partial charge < -0.3 is 9.84 Å². The molecule has 1 aromatic rings. The van der Waals surface area contributed by atoms with E-state index < -0.39 is 21.7 Å². The van der Waals surface area contributed by atoms with Crippen LogP contribution in [0.5, 0.6) is 5.75 Å². The van der Waals surface area contributed by atoms with E-state index in [4.69, 9.17) is 9.84 Å². The van der Waals surface area contributed by atoms with E-state index in [-0.39, 0.29) is 6.54 Å². The summed E-state index contributed by atoms with van der Waals surface area (Å²) in [5, 5.41) is 8.40. The van der Waals surface area contributed by atoms with Crippen molar-refractivity contribution in [3.8, 4) is 5.75 Å². The molecule has 94 valence electrons. The van der Waals surface area contributed by atoms with Crippen LogP contribution in [0.15, 0.2) is 24.3 Å². The van der Waals surface area contributed by atoms with Gasteiger partial charge in [-0.05, 0) is 6.07 Å². The second kappa shape index (κ2) is 5.65. The molecule has 0 aliphatic heterocycles. The molecule has 0 atom stereocenters. The van der Waals surface area contributed by atoms with Crippen molar-refractivity contribution in [1.29, 1.82) is 0 Å². The van der Waals surface area contributed by atoms with Crippen LogP contribution >= 0.6 is 0 Å². The Labute approximate surface area is 99.3 Å². The number of nitrogens with one attached hydrogen (secondary N) is 1. The summed E-state index contributed by atoms with van der Waals surface area (Å²) in [4.78, 5) is 10.3. The van der Waals surface area contributed by atoms with E-state index >= 15 is 0 Å². The third-order valence-electron chi connectivity index (χ3n) is 1.99. The summed E-state index contributed by atoms with van der Waals surface area (Å²) >= 11 is 0. The molecule has 17 heavy (non-hydrogen) atoms. The number of carboxylic acid groups (broad SMARTS) is 1. The Bertz CT molecular complexity index is 497. The normalized spacial score (nSPS) is 11.1. The average molecular weight is 259 g/mol. The van der Waals surface area contributed by atoms with Gasteiger partial charge in [0.1, 0.15) is 5.75 Å². The highest BCUT2D eigenvalue weighted by molar-refractivity contribution is 7.90. The van der Waals surface area contributed by atoms with E-state index in [1.54, 1.807) is 24.3 Å². The van der Waals surface area contributed by atoms with Crippen LogP contribution in [-0.4, -0.2) is 32.4 Å². The van der Waals surface area contributed by atoms with Gasteiger partial charge in [-0.2, -0.15) is 0 Å². The first kappa shape index (κ1) is 13.5. The topological polar surface area (TPSA) is 92.7 Å². The lowest BCUT2D eigenvalue weighted by Gasteiger charge is -2.08. The predicted octanol–water partition coefficient (Wildman–Crippen LogP) is 0.199. The van der Waals surface area contributed by atoms with Gasteiger partial charge in [0.25, 0.3) is 0 Å². The summed E-state index contributed by atoms with van der Waals surface area (Å²) in [5.74, 6) is -1.79. The van der Waals surface area contributed by atoms with E-state index in [1.165, 1.54) is 7.11 Å². The van der Waals surface area contributed by atoms with Crippen molar-refractivity contribution in [2.24, 2.45) is 0 Å². The monoisotopic (exact) mass is 259 g/mol. The number of sulfonamides is 1. The zero-order valence-electron chi connectivity index (χ0n) is 9.21. The summed E-state index contributed by atoms with van der Waals surface area (Å²) in [7, 11) is -2.33. The van der Waals surface area contributed by atoms with Crippen molar-refractivity contribution in [3.05, 3.63) is 29.8 Å². The smallest absolute Gasteiger partial charge is 0.320 e. The van der Waals surface area contributed by atoms with Gasteiger partial charge in [0.15, 0.2) is 5.75 Å². The number of ether oxygens (including phenoxy) is 1. The molecule has 0 saturated heterocycles. The predicted molar refractivity (Wildman–Crippen MR) is 61.3 cm³/mol. The van der Waals surface area contributed by atoms with Crippen LogP contribution in [0.1, 0.15) is 5.56 Å². The lowest BCUT2D eigenvalue weighted by Crippen LogP contribution is -2.29. The van der Waals surface area contributed by atoms with E-state index in [0.29, 0.717) is 11.3 Å². The van der Waals surface area contributed by atoms with Gasteiger partial charge >= 0.3 is 5.97 Å². The molecule has 0 fully saturated rings. The molecule has 0 spiro atoms. The molecule has 2 N–H and O–H groups in total. The van der Waals surface area contributed by atoms with Gasteiger partial charge in [-0.15, -0.1) is 0 Å². The zero-order valence-corrected chi connectivity index (χ0v) is 10.0. The lowest BCUT2D eigenvalue weighted by molar-refractivity contribution is -0.134. The van der Waals surface area contributed by atoms with Gasteiger partial charge in [0.05, 0.1) is 7.11 Å². The number of aliphatic carboxylic acids is 1. The van der Waals surface area contributed by atoms with Crippen molar-refractivity contribution >= 4 is 16.0 Å². The molecule has 6 nitrogen and oxygen atoms in total. The molecule has 0 heterocycles. The fraction of sp³-hybridized carbons (Fsp3) is 0.300. The van der Waals surface area contributed by atoms with Crippen molar-refractivity contribution in [1.82, 2.24) is 4.72 Å². The highest BCUT2D eigenvalue weighted by Crippen LogP contribution is 2.16. The third kappa shape index (κ3) is 4.41. The van der Waals surface area contributed by atoms with Crippen LogP contribution in [0.3, 0.4) is 0 Å². The number of rotatable bonds is 6. The minimum atomic E-state index is -3.81. The van der Waals surface area contributed by atoms with Crippen LogP contribution < -0.4 is 9.46 Å². The van der Waals surface area contributed by atoms with Crippen LogP contribution in [0.4, 0.5) is 0 Å². The molecule has 0 aromatic heterocycles. The molecule has 1 rings (SSSR count). The Balaban J connectivity index is 2.70. The number of carboxylic acids is 1. The molecular formula is C10H13NO5S. The van der Waals surface area contributed by atoms with Crippen molar-refractivity contribution in [2.75, 3.05) is 12.9 Å². The minimum Gasteiger partial charge on any atom is -0.496 e. The summed E-state index contributed by atoms with van der Waals surface area (Å²) < 4.78 is 29.8. The lowest BCUT2D eigenvalue weighted by atomic mass is 10.2. The van der Waals surface area contributed by atoms with Crippen molar-refractivity contribution in [2.45, 2.75) is 6.54 Å². The Kier molecular flexibility index (Phi) is 4.47. The largest absolute Gasteiger partial charge is 0.496 e. The quantitative estimate of drug-likeness (QED) is 0.761. The van der Waals surface area contributed by atoms with Crippen LogP contribution in [0, 0.1) is 0 Å². The number of hydrogen-bond donors (Lipinski definition) is 2. The van der Waals surface area contributed by atoms with Crippen molar-refractivity contribution < 1.29 is 23.1 Å². The molecule has 0 aliphatic rings. The highest BCUT2D eigenvalue weighted by Gasteiger charge is 2.15. The first-order valence-electron chi connectivity index (χ1n) is 4.75. The maximum atomic E-state index is 11.3. The second-order valence-corrected chi connectivity index (χ2v) is 5.09. The summed E-state index contributed by atoms with van der Waals surface area (Å²) in [5.41, 5.74) is 0.643. The number of methoxy groups -OCH3 is 1. The molecule has 1 aromatic carbocycles. The standard InChI is InChI=1S/C10H13NO5S/c1-16-9-5-3-2-4-8(9)6-11-17(14,15)7-10(12)13/h2-5,11H,6-7H2,1H3,(H,12,13). The molecular weight excluding hydrogens is 246 g/mol. The number of benzene rings is 1. The molecule has 0 amide bonds. The Morgan fingerprint density at radius 1 is 1.41 bits per heavy atom. The molecule has 0 aliphatic carbocycles. The first-order chi connectivity index (χ1) is 7.94. The van der Waals surface area contributed by atoms with Gasteiger partial charge in [-0.25, -0.2) is 13.1 Å². The average Bonchev–Trinajstić information content (AvgIpc) is 2.25. The maximum absolute atomic E-state index is 11.3. The SMILES string of the molecule is COc1ccccc1CNS(=O)(=O)CC(=O)O. The van der Waals surface area contributed by atoms with Crippen LogP contribution in [-0.2, 0) is 21.4 Å². The van der Waals surface area contributed by atoms with Crippen LogP contribution in [0.2, 0.25) is 0 Å². The van der Waals surface area contributed by atoms with Gasteiger partial charge in [0.2, 0.25) is 10.0 Å². The van der Waals surface area contributed by atoms with Crippen LogP contribution in [0.25, 0.3) is 0 Å². The molecule has 0 saturated carbocycles. The molecule has 0 radical (unpaired) electrons. The van der Waals surface area contributed by atoms with E-state index in [0.717, 1.165) is 0 Å².